The van der Waals surface area contributed by atoms with Crippen LogP contribution in [0.1, 0.15) is 23.2 Å². The summed E-state index contributed by atoms with van der Waals surface area (Å²) in [6.45, 7) is 0.446. The summed E-state index contributed by atoms with van der Waals surface area (Å²) in [5, 5.41) is 5.65. The Morgan fingerprint density at radius 3 is 2.46 bits per heavy atom. The molecule has 9 heteroatoms. The van der Waals surface area contributed by atoms with Gasteiger partial charge in [0.15, 0.2) is 0 Å². The van der Waals surface area contributed by atoms with Gasteiger partial charge in [0.05, 0.1) is 29.2 Å². The predicted octanol–water partition coefficient (Wildman–Crippen LogP) is 3.99. The molecule has 1 saturated heterocycles. The fourth-order valence-corrected chi connectivity index (χ4v) is 5.59. The lowest BCUT2D eigenvalue weighted by molar-refractivity contribution is -0.120. The standard InChI is InChI=1S/C26H27N3O5S/c1-34-21-11-7-10-20(17-21)27-26(31)23-14-5-6-15-24(23)28-25(30)19-9-8-16-29(18-19)35(32,33)22-12-3-2-4-13-22/h2-7,10-15,17,19H,8-9,16,18H2,1H3,(H,27,31)(H,28,30). The van der Waals surface area contributed by atoms with E-state index in [0.29, 0.717) is 42.1 Å². The van der Waals surface area contributed by atoms with E-state index in [-0.39, 0.29) is 23.3 Å². The first kappa shape index (κ1) is 24.4. The van der Waals surface area contributed by atoms with E-state index in [2.05, 4.69) is 10.6 Å². The van der Waals surface area contributed by atoms with Crippen LogP contribution >= 0.6 is 0 Å². The molecule has 1 aliphatic rings. The number of hydrogen-bond acceptors (Lipinski definition) is 5. The molecule has 8 nitrogen and oxygen atoms in total. The molecule has 0 saturated carbocycles. The van der Waals surface area contributed by atoms with E-state index < -0.39 is 15.9 Å². The molecule has 0 spiro atoms. The summed E-state index contributed by atoms with van der Waals surface area (Å²) in [6, 6.07) is 21.9. The number of sulfonamides is 1. The van der Waals surface area contributed by atoms with Gasteiger partial charge in [-0.2, -0.15) is 4.31 Å². The molecule has 2 amide bonds. The van der Waals surface area contributed by atoms with Gasteiger partial charge in [0.25, 0.3) is 5.91 Å². The van der Waals surface area contributed by atoms with Crippen molar-refractivity contribution in [3.63, 3.8) is 0 Å². The fraction of sp³-hybridized carbons (Fsp3) is 0.231. The first-order chi connectivity index (χ1) is 16.9. The number of piperidine rings is 1. The Bertz CT molecular complexity index is 1310. The number of benzene rings is 3. The average Bonchev–Trinajstić information content (AvgIpc) is 2.89. The molecular formula is C26H27N3O5S. The Labute approximate surface area is 205 Å². The van der Waals surface area contributed by atoms with Crippen LogP contribution in [0.5, 0.6) is 5.75 Å². The maximum atomic E-state index is 13.1. The lowest BCUT2D eigenvalue weighted by Gasteiger charge is -2.31. The summed E-state index contributed by atoms with van der Waals surface area (Å²) in [4.78, 5) is 26.3. The number of carbonyl (C=O) groups is 2. The zero-order valence-electron chi connectivity index (χ0n) is 19.3. The van der Waals surface area contributed by atoms with Gasteiger partial charge >= 0.3 is 0 Å². The maximum Gasteiger partial charge on any atom is 0.257 e. The van der Waals surface area contributed by atoms with Gasteiger partial charge in [-0.15, -0.1) is 0 Å². The molecule has 182 valence electrons. The lowest BCUT2D eigenvalue weighted by Crippen LogP contribution is -2.43. The molecule has 35 heavy (non-hydrogen) atoms. The van der Waals surface area contributed by atoms with Crippen LogP contribution in [0.2, 0.25) is 0 Å². The number of rotatable bonds is 7. The minimum Gasteiger partial charge on any atom is -0.497 e. The van der Waals surface area contributed by atoms with Gasteiger partial charge in [0.2, 0.25) is 15.9 Å². The number of anilines is 2. The highest BCUT2D eigenvalue weighted by Gasteiger charge is 2.33. The molecule has 0 bridgehead atoms. The summed E-state index contributed by atoms with van der Waals surface area (Å²) < 4.78 is 32.6. The van der Waals surface area contributed by atoms with Crippen LogP contribution in [0, 0.1) is 5.92 Å². The molecule has 0 aromatic heterocycles. The molecule has 2 N–H and O–H groups in total. The van der Waals surface area contributed by atoms with Gasteiger partial charge in [-0.05, 0) is 49.2 Å². The topological polar surface area (TPSA) is 105 Å². The first-order valence-electron chi connectivity index (χ1n) is 11.3. The summed E-state index contributed by atoms with van der Waals surface area (Å²) in [6.07, 6.45) is 1.13. The van der Waals surface area contributed by atoms with Gasteiger partial charge < -0.3 is 15.4 Å². The van der Waals surface area contributed by atoms with E-state index >= 15 is 0 Å². The summed E-state index contributed by atoms with van der Waals surface area (Å²) in [5.74, 6) is -0.626. The molecule has 3 aromatic rings. The van der Waals surface area contributed by atoms with Gasteiger partial charge in [-0.1, -0.05) is 36.4 Å². The Morgan fingerprint density at radius 1 is 0.943 bits per heavy atom. The van der Waals surface area contributed by atoms with Crippen molar-refractivity contribution in [2.24, 2.45) is 5.92 Å². The largest absolute Gasteiger partial charge is 0.497 e. The molecule has 1 atom stereocenters. The zero-order valence-corrected chi connectivity index (χ0v) is 20.1. The highest BCUT2D eigenvalue weighted by Crippen LogP contribution is 2.26. The highest BCUT2D eigenvalue weighted by atomic mass is 32.2. The molecule has 1 heterocycles. The quantitative estimate of drug-likeness (QED) is 0.518. The number of hydrogen-bond donors (Lipinski definition) is 2. The molecule has 0 radical (unpaired) electrons. The normalized spacial score (nSPS) is 16.3. The highest BCUT2D eigenvalue weighted by molar-refractivity contribution is 7.89. The second-order valence-electron chi connectivity index (χ2n) is 8.24. The molecule has 4 rings (SSSR count). The van der Waals surface area contributed by atoms with E-state index in [1.165, 1.54) is 4.31 Å². The number of nitrogens with one attached hydrogen (secondary N) is 2. The molecule has 1 aliphatic heterocycles. The van der Waals surface area contributed by atoms with E-state index in [1.807, 2.05) is 0 Å². The van der Waals surface area contributed by atoms with Crippen LogP contribution in [0.4, 0.5) is 11.4 Å². The third-order valence-electron chi connectivity index (χ3n) is 5.89. The Balaban J connectivity index is 1.47. The SMILES string of the molecule is COc1cccc(NC(=O)c2ccccc2NC(=O)C2CCCN(S(=O)(=O)c3ccccc3)C2)c1. The number of methoxy groups -OCH3 is 1. The third-order valence-corrected chi connectivity index (χ3v) is 7.77. The number of amides is 2. The zero-order chi connectivity index (χ0) is 24.8. The minimum absolute atomic E-state index is 0.0846. The minimum atomic E-state index is -3.68. The Hall–Kier alpha value is -3.69. The van der Waals surface area contributed by atoms with Gasteiger partial charge in [-0.25, -0.2) is 8.42 Å². The van der Waals surface area contributed by atoms with Crippen LogP contribution in [-0.2, 0) is 14.8 Å². The molecule has 0 aliphatic carbocycles. The molecule has 3 aromatic carbocycles. The summed E-state index contributed by atoms with van der Waals surface area (Å²) in [5.41, 5.74) is 1.22. The van der Waals surface area contributed by atoms with E-state index in [1.54, 1.807) is 86.0 Å². The smallest absolute Gasteiger partial charge is 0.257 e. The summed E-state index contributed by atoms with van der Waals surface area (Å²) >= 11 is 0. The van der Waals surface area contributed by atoms with E-state index in [9.17, 15) is 18.0 Å². The van der Waals surface area contributed by atoms with Crippen molar-refractivity contribution < 1.29 is 22.7 Å². The van der Waals surface area contributed by atoms with Crippen LogP contribution in [0.15, 0.2) is 83.8 Å². The van der Waals surface area contributed by atoms with Crippen molar-refractivity contribution in [3.05, 3.63) is 84.4 Å². The van der Waals surface area contributed by atoms with Crippen molar-refractivity contribution in [1.82, 2.24) is 4.31 Å². The van der Waals surface area contributed by atoms with Gasteiger partial charge in [0.1, 0.15) is 5.75 Å². The van der Waals surface area contributed by atoms with Crippen molar-refractivity contribution >= 4 is 33.2 Å². The third kappa shape index (κ3) is 5.70. The van der Waals surface area contributed by atoms with Gasteiger partial charge in [0, 0.05) is 24.8 Å². The van der Waals surface area contributed by atoms with Crippen LogP contribution in [0.25, 0.3) is 0 Å². The Kier molecular flexibility index (Phi) is 7.48. The molecule has 1 fully saturated rings. The van der Waals surface area contributed by atoms with Crippen LogP contribution in [0.3, 0.4) is 0 Å². The van der Waals surface area contributed by atoms with Gasteiger partial charge in [-0.3, -0.25) is 9.59 Å². The van der Waals surface area contributed by atoms with E-state index in [4.69, 9.17) is 4.74 Å². The Morgan fingerprint density at radius 2 is 1.69 bits per heavy atom. The van der Waals surface area contributed by atoms with Crippen LogP contribution < -0.4 is 15.4 Å². The number of ether oxygens (including phenoxy) is 1. The fourth-order valence-electron chi connectivity index (χ4n) is 4.04. The monoisotopic (exact) mass is 493 g/mol. The predicted molar refractivity (Wildman–Crippen MR) is 134 cm³/mol. The van der Waals surface area contributed by atoms with Crippen molar-refractivity contribution in [3.8, 4) is 5.75 Å². The maximum absolute atomic E-state index is 13.1. The number of nitrogens with zero attached hydrogens (tertiary/aromatic N) is 1. The molecular weight excluding hydrogens is 466 g/mol. The molecule has 1 unspecified atom stereocenters. The first-order valence-corrected chi connectivity index (χ1v) is 12.7. The van der Waals surface area contributed by atoms with Crippen LogP contribution in [-0.4, -0.2) is 44.7 Å². The van der Waals surface area contributed by atoms with E-state index in [0.717, 1.165) is 0 Å². The summed E-state index contributed by atoms with van der Waals surface area (Å²) in [7, 11) is -2.14. The van der Waals surface area contributed by atoms with Crippen molar-refractivity contribution in [2.45, 2.75) is 17.7 Å². The second-order valence-corrected chi connectivity index (χ2v) is 10.2. The second kappa shape index (κ2) is 10.7. The average molecular weight is 494 g/mol. The van der Waals surface area contributed by atoms with Crippen molar-refractivity contribution in [1.29, 1.82) is 0 Å². The lowest BCUT2D eigenvalue weighted by atomic mass is 9.98. The van der Waals surface area contributed by atoms with Crippen molar-refractivity contribution in [2.75, 3.05) is 30.8 Å². The number of carbonyl (C=O) groups excluding carboxylic acids is 2. The number of para-hydroxylation sites is 1.